The number of aromatic nitrogens is 2. The van der Waals surface area contributed by atoms with Gasteiger partial charge in [-0.3, -0.25) is 0 Å². The molecule has 0 aromatic carbocycles. The second kappa shape index (κ2) is 6.07. The van der Waals surface area contributed by atoms with Crippen molar-refractivity contribution in [1.82, 2.24) is 9.97 Å². The number of halogens is 1. The van der Waals surface area contributed by atoms with Gasteiger partial charge in [-0.1, -0.05) is 17.7 Å². The molecule has 0 unspecified atom stereocenters. The predicted octanol–water partition coefficient (Wildman–Crippen LogP) is 3.81. The summed E-state index contributed by atoms with van der Waals surface area (Å²) in [6, 6.07) is 6.94. The van der Waals surface area contributed by atoms with Crippen LogP contribution < -0.4 is 0 Å². The molecule has 0 amide bonds. The second-order valence-corrected chi connectivity index (χ2v) is 5.33. The summed E-state index contributed by atoms with van der Waals surface area (Å²) in [5, 5.41) is 2.67. The lowest BCUT2D eigenvalue weighted by atomic mass is 10.3. The molecule has 3 heterocycles. The molecular formula is C14H9ClN2O3S. The summed E-state index contributed by atoms with van der Waals surface area (Å²) >= 11 is 7.01. The first kappa shape index (κ1) is 13.8. The minimum atomic E-state index is -0.487. The molecule has 0 saturated carbocycles. The van der Waals surface area contributed by atoms with Crippen molar-refractivity contribution in [2.45, 2.75) is 6.61 Å². The third-order valence-electron chi connectivity index (χ3n) is 2.60. The molecule has 0 atom stereocenters. The number of pyridine rings is 1. The fourth-order valence-electron chi connectivity index (χ4n) is 1.60. The van der Waals surface area contributed by atoms with E-state index in [-0.39, 0.29) is 12.3 Å². The van der Waals surface area contributed by atoms with E-state index in [0.717, 1.165) is 5.56 Å². The number of hydrogen-bond acceptors (Lipinski definition) is 6. The van der Waals surface area contributed by atoms with Crippen LogP contribution in [0.2, 0.25) is 5.15 Å². The summed E-state index contributed by atoms with van der Waals surface area (Å²) in [6.45, 7) is 0.122. The van der Waals surface area contributed by atoms with Gasteiger partial charge in [0.2, 0.25) is 0 Å². The molecule has 7 heteroatoms. The number of thiazole rings is 1. The van der Waals surface area contributed by atoms with Gasteiger partial charge in [-0.2, -0.15) is 0 Å². The van der Waals surface area contributed by atoms with Gasteiger partial charge in [0.15, 0.2) is 16.5 Å². The zero-order valence-corrected chi connectivity index (χ0v) is 12.2. The number of nitrogens with zero attached hydrogens (tertiary/aromatic N) is 2. The van der Waals surface area contributed by atoms with Crippen LogP contribution in [0.5, 0.6) is 0 Å². The Morgan fingerprint density at radius 2 is 2.29 bits per heavy atom. The summed E-state index contributed by atoms with van der Waals surface area (Å²) in [4.78, 5) is 20.0. The van der Waals surface area contributed by atoms with Crippen LogP contribution in [-0.4, -0.2) is 15.9 Å². The van der Waals surface area contributed by atoms with Crippen molar-refractivity contribution in [2.75, 3.05) is 0 Å². The lowest BCUT2D eigenvalue weighted by Gasteiger charge is -2.02. The highest BCUT2D eigenvalue weighted by atomic mass is 35.5. The molecule has 0 spiro atoms. The fourth-order valence-corrected chi connectivity index (χ4v) is 2.46. The van der Waals surface area contributed by atoms with Gasteiger partial charge in [0.05, 0.1) is 6.26 Å². The molecule has 3 rings (SSSR count). The molecule has 0 aliphatic heterocycles. The molecule has 0 saturated heterocycles. The molecule has 0 aliphatic carbocycles. The maximum absolute atomic E-state index is 11.9. The van der Waals surface area contributed by atoms with Crippen LogP contribution in [0, 0.1) is 0 Å². The van der Waals surface area contributed by atoms with E-state index in [0.29, 0.717) is 15.9 Å². The van der Waals surface area contributed by atoms with E-state index in [1.807, 2.05) is 0 Å². The third-order valence-corrected chi connectivity index (χ3v) is 3.68. The largest absolute Gasteiger partial charge is 0.462 e. The first-order chi connectivity index (χ1) is 10.2. The van der Waals surface area contributed by atoms with E-state index in [1.165, 1.54) is 11.3 Å². The van der Waals surface area contributed by atoms with Crippen molar-refractivity contribution >= 4 is 28.9 Å². The first-order valence-electron chi connectivity index (χ1n) is 5.99. The maximum atomic E-state index is 11.9. The van der Waals surface area contributed by atoms with Crippen LogP contribution in [0.1, 0.15) is 16.1 Å². The number of furan rings is 1. The first-order valence-corrected chi connectivity index (χ1v) is 7.25. The minimum absolute atomic E-state index is 0.122. The summed E-state index contributed by atoms with van der Waals surface area (Å²) in [7, 11) is 0. The van der Waals surface area contributed by atoms with E-state index in [2.05, 4.69) is 9.97 Å². The molecule has 3 aromatic rings. The molecule has 21 heavy (non-hydrogen) atoms. The van der Waals surface area contributed by atoms with Crippen molar-refractivity contribution < 1.29 is 13.9 Å². The van der Waals surface area contributed by atoms with Crippen molar-refractivity contribution in [3.8, 4) is 10.8 Å². The zero-order chi connectivity index (χ0) is 14.7. The van der Waals surface area contributed by atoms with Gasteiger partial charge in [0.1, 0.15) is 11.8 Å². The summed E-state index contributed by atoms with van der Waals surface area (Å²) < 4.78 is 10.4. The number of esters is 1. The van der Waals surface area contributed by atoms with Gasteiger partial charge < -0.3 is 9.15 Å². The topological polar surface area (TPSA) is 65.2 Å². The molecule has 106 valence electrons. The van der Waals surface area contributed by atoms with E-state index >= 15 is 0 Å². The van der Waals surface area contributed by atoms with Crippen molar-refractivity contribution in [2.24, 2.45) is 0 Å². The number of ether oxygens (including phenoxy) is 1. The lowest BCUT2D eigenvalue weighted by molar-refractivity contribution is 0.0466. The van der Waals surface area contributed by atoms with Crippen LogP contribution in [0.25, 0.3) is 10.8 Å². The van der Waals surface area contributed by atoms with Gasteiger partial charge in [-0.15, -0.1) is 11.3 Å². The second-order valence-electron chi connectivity index (χ2n) is 4.08. The van der Waals surface area contributed by atoms with Crippen LogP contribution in [-0.2, 0) is 11.3 Å². The monoisotopic (exact) mass is 320 g/mol. The van der Waals surface area contributed by atoms with Crippen LogP contribution in [0.3, 0.4) is 0 Å². The molecule has 0 aliphatic rings. The highest BCUT2D eigenvalue weighted by Gasteiger charge is 2.14. The van der Waals surface area contributed by atoms with E-state index in [9.17, 15) is 4.79 Å². The van der Waals surface area contributed by atoms with Gasteiger partial charge in [0.25, 0.3) is 0 Å². The number of carbonyl (C=O) groups excluding carboxylic acids is 1. The zero-order valence-electron chi connectivity index (χ0n) is 10.7. The normalized spacial score (nSPS) is 10.5. The van der Waals surface area contributed by atoms with Crippen molar-refractivity contribution in [3.63, 3.8) is 0 Å². The molecule has 3 aromatic heterocycles. The van der Waals surface area contributed by atoms with Gasteiger partial charge in [0, 0.05) is 17.1 Å². The summed E-state index contributed by atoms with van der Waals surface area (Å²) in [6.07, 6.45) is 3.12. The maximum Gasteiger partial charge on any atom is 0.358 e. The van der Waals surface area contributed by atoms with Crippen LogP contribution in [0.4, 0.5) is 0 Å². The van der Waals surface area contributed by atoms with Gasteiger partial charge >= 0.3 is 5.97 Å². The van der Waals surface area contributed by atoms with Crippen molar-refractivity contribution in [1.29, 1.82) is 0 Å². The van der Waals surface area contributed by atoms with E-state index < -0.39 is 5.97 Å². The number of carbonyl (C=O) groups is 1. The van der Waals surface area contributed by atoms with Gasteiger partial charge in [-0.25, -0.2) is 14.8 Å². The smallest absolute Gasteiger partial charge is 0.358 e. The lowest BCUT2D eigenvalue weighted by Crippen LogP contribution is -2.05. The summed E-state index contributed by atoms with van der Waals surface area (Å²) in [5.41, 5.74) is 1.02. The SMILES string of the molecule is O=C(OCc1ccc(Cl)nc1)c1csc(-c2ccco2)n1. The number of hydrogen-bond donors (Lipinski definition) is 0. The highest BCUT2D eigenvalue weighted by molar-refractivity contribution is 7.13. The van der Waals surface area contributed by atoms with Crippen LogP contribution in [0.15, 0.2) is 46.5 Å². The predicted molar refractivity (Wildman–Crippen MR) is 78.2 cm³/mol. The molecular weight excluding hydrogens is 312 g/mol. The Bertz CT molecular complexity index is 738. The third kappa shape index (κ3) is 3.29. The quantitative estimate of drug-likeness (QED) is 0.540. The molecule has 0 bridgehead atoms. The molecule has 0 N–H and O–H groups in total. The average molecular weight is 321 g/mol. The minimum Gasteiger partial charge on any atom is -0.462 e. The average Bonchev–Trinajstić information content (AvgIpc) is 3.17. The fraction of sp³-hybridized carbons (Fsp3) is 0.0714. The Labute approximate surface area is 129 Å². The Balaban J connectivity index is 1.64. The summed E-state index contributed by atoms with van der Waals surface area (Å²) in [5.74, 6) is 0.139. The molecule has 5 nitrogen and oxygen atoms in total. The van der Waals surface area contributed by atoms with Crippen molar-refractivity contribution in [3.05, 3.63) is 58.5 Å². The Morgan fingerprint density at radius 3 is 3.00 bits per heavy atom. The van der Waals surface area contributed by atoms with E-state index in [4.69, 9.17) is 20.8 Å². The molecule has 0 fully saturated rings. The molecule has 0 radical (unpaired) electrons. The van der Waals surface area contributed by atoms with E-state index in [1.54, 1.807) is 42.1 Å². The Hall–Kier alpha value is -2.18. The highest BCUT2D eigenvalue weighted by Crippen LogP contribution is 2.24. The Kier molecular flexibility index (Phi) is 3.98. The van der Waals surface area contributed by atoms with Gasteiger partial charge in [-0.05, 0) is 18.2 Å². The number of rotatable bonds is 4. The van der Waals surface area contributed by atoms with Crippen LogP contribution >= 0.6 is 22.9 Å². The standard InChI is InChI=1S/C14H9ClN2O3S/c15-12-4-3-9(6-16-12)7-20-14(18)10-8-21-13(17-10)11-2-1-5-19-11/h1-6,8H,7H2. The Morgan fingerprint density at radius 1 is 1.38 bits per heavy atom.